The second-order valence-corrected chi connectivity index (χ2v) is 7.87. The number of nitrogens with one attached hydrogen (secondary N) is 3. The Kier molecular flexibility index (Phi) is 6.38. The van der Waals surface area contributed by atoms with Crippen molar-refractivity contribution in [2.24, 2.45) is 5.73 Å². The molecule has 170 valence electrons. The van der Waals surface area contributed by atoms with Gasteiger partial charge in [-0.2, -0.15) is 0 Å². The monoisotopic (exact) mass is 470 g/mol. The molecule has 11 heteroatoms. The van der Waals surface area contributed by atoms with Gasteiger partial charge in [-0.1, -0.05) is 11.6 Å². The summed E-state index contributed by atoms with van der Waals surface area (Å²) in [5.41, 5.74) is 6.42. The minimum atomic E-state index is -0.816. The summed E-state index contributed by atoms with van der Waals surface area (Å²) in [5, 5.41) is 8.71. The molecule has 9 nitrogen and oxygen atoms in total. The van der Waals surface area contributed by atoms with Gasteiger partial charge in [-0.3, -0.25) is 19.0 Å². The molecule has 0 radical (unpaired) electrons. The molecule has 2 heterocycles. The first kappa shape index (κ1) is 22.4. The Morgan fingerprint density at radius 3 is 2.55 bits per heavy atom. The number of benzene rings is 2. The lowest BCUT2D eigenvalue weighted by molar-refractivity contribution is 0.0917. The number of carbonyl (C=O) groups excluding carboxylic acids is 3. The summed E-state index contributed by atoms with van der Waals surface area (Å²) in [7, 11) is 0. The van der Waals surface area contributed by atoms with E-state index in [1.807, 2.05) is 0 Å². The first-order valence-electron chi connectivity index (χ1n) is 10.1. The predicted molar refractivity (Wildman–Crippen MR) is 120 cm³/mol. The first-order valence-corrected chi connectivity index (χ1v) is 10.5. The number of nitrogens with two attached hydrogens (primary N) is 1. The molecule has 3 aromatic rings. The maximum atomic E-state index is 13.2. The number of hydrogen-bond acceptors (Lipinski definition) is 5. The molecule has 0 spiro atoms. The van der Waals surface area contributed by atoms with E-state index in [0.717, 1.165) is 25.1 Å². The number of imidazole rings is 1. The molecule has 1 aliphatic rings. The van der Waals surface area contributed by atoms with Crippen molar-refractivity contribution in [2.45, 2.75) is 12.5 Å². The van der Waals surface area contributed by atoms with Gasteiger partial charge in [-0.25, -0.2) is 9.37 Å². The molecule has 4 rings (SSSR count). The first-order chi connectivity index (χ1) is 15.8. The van der Waals surface area contributed by atoms with Gasteiger partial charge in [-0.15, -0.1) is 0 Å². The highest BCUT2D eigenvalue weighted by molar-refractivity contribution is 6.34. The van der Waals surface area contributed by atoms with E-state index in [0.29, 0.717) is 17.9 Å². The van der Waals surface area contributed by atoms with Gasteiger partial charge in [0.25, 0.3) is 17.7 Å². The summed E-state index contributed by atoms with van der Waals surface area (Å²) in [4.78, 5) is 41.2. The van der Waals surface area contributed by atoms with E-state index < -0.39 is 23.5 Å². The van der Waals surface area contributed by atoms with E-state index in [2.05, 4.69) is 20.9 Å². The smallest absolute Gasteiger partial charge is 0.271 e. The van der Waals surface area contributed by atoms with Crippen LogP contribution in [0.15, 0.2) is 48.8 Å². The van der Waals surface area contributed by atoms with Crippen molar-refractivity contribution in [3.63, 3.8) is 0 Å². The van der Waals surface area contributed by atoms with Crippen LogP contribution < -0.4 is 21.7 Å². The highest BCUT2D eigenvalue weighted by Gasteiger charge is 2.26. The fraction of sp³-hybridized carbons (Fsp3) is 0.182. The number of carbonyl (C=O) groups is 3. The maximum Gasteiger partial charge on any atom is 0.271 e. The third kappa shape index (κ3) is 4.86. The van der Waals surface area contributed by atoms with Crippen LogP contribution in [0, 0.1) is 5.82 Å². The molecule has 1 fully saturated rings. The molecule has 33 heavy (non-hydrogen) atoms. The zero-order valence-electron chi connectivity index (χ0n) is 17.3. The fourth-order valence-electron chi connectivity index (χ4n) is 3.55. The lowest BCUT2D eigenvalue weighted by Crippen LogP contribution is -2.38. The van der Waals surface area contributed by atoms with Gasteiger partial charge in [0.2, 0.25) is 0 Å². The number of hydrogen-bond donors (Lipinski definition) is 4. The Hall–Kier alpha value is -3.76. The summed E-state index contributed by atoms with van der Waals surface area (Å²) < 4.78 is 14.7. The third-order valence-corrected chi connectivity index (χ3v) is 5.50. The van der Waals surface area contributed by atoms with Crippen molar-refractivity contribution >= 4 is 35.0 Å². The van der Waals surface area contributed by atoms with Crippen LogP contribution in [0.2, 0.25) is 5.02 Å². The summed E-state index contributed by atoms with van der Waals surface area (Å²) in [6, 6.07) is 9.94. The Balaban J connectivity index is 1.56. The number of amides is 3. The zero-order chi connectivity index (χ0) is 23.5. The van der Waals surface area contributed by atoms with Gasteiger partial charge in [0.1, 0.15) is 17.8 Å². The Bertz CT molecular complexity index is 1220. The summed E-state index contributed by atoms with van der Waals surface area (Å²) in [6.45, 7) is 1.43. The molecule has 0 saturated carbocycles. The predicted octanol–water partition coefficient (Wildman–Crippen LogP) is 2.11. The van der Waals surface area contributed by atoms with Crippen LogP contribution in [0.25, 0.3) is 5.69 Å². The minimum Gasteiger partial charge on any atom is -0.364 e. The van der Waals surface area contributed by atoms with Crippen LogP contribution in [0.4, 0.5) is 10.1 Å². The Morgan fingerprint density at radius 2 is 1.91 bits per heavy atom. The van der Waals surface area contributed by atoms with E-state index in [4.69, 9.17) is 17.3 Å². The van der Waals surface area contributed by atoms with E-state index in [9.17, 15) is 18.8 Å². The van der Waals surface area contributed by atoms with Crippen LogP contribution in [0.1, 0.15) is 37.8 Å². The molecule has 1 aliphatic heterocycles. The third-order valence-electron chi connectivity index (χ3n) is 5.19. The van der Waals surface area contributed by atoms with Crippen LogP contribution in [-0.4, -0.2) is 46.4 Å². The molecule has 0 unspecified atom stereocenters. The SMILES string of the molecule is NC(=O)c1ncn(-c2ccc(NC(=O)c3ccc(F)cc3Cl)cc2)c1C(=O)N[C@H]1CCNC1. The normalized spacial score (nSPS) is 15.3. The molecule has 1 aromatic heterocycles. The molecule has 0 bridgehead atoms. The molecule has 3 amide bonds. The lowest BCUT2D eigenvalue weighted by atomic mass is 10.2. The van der Waals surface area contributed by atoms with Crippen LogP contribution in [0.5, 0.6) is 0 Å². The second-order valence-electron chi connectivity index (χ2n) is 7.46. The molecule has 5 N–H and O–H groups in total. The average molecular weight is 471 g/mol. The number of aromatic nitrogens is 2. The van der Waals surface area contributed by atoms with Crippen molar-refractivity contribution in [3.8, 4) is 5.69 Å². The summed E-state index contributed by atoms with van der Waals surface area (Å²) in [6.07, 6.45) is 2.12. The van der Waals surface area contributed by atoms with Crippen LogP contribution >= 0.6 is 11.6 Å². The van der Waals surface area contributed by atoms with Crippen molar-refractivity contribution in [3.05, 3.63) is 76.6 Å². The summed E-state index contributed by atoms with van der Waals surface area (Å²) in [5.74, 6) is -2.32. The van der Waals surface area contributed by atoms with Gasteiger partial charge >= 0.3 is 0 Å². The lowest BCUT2D eigenvalue weighted by Gasteiger charge is -2.14. The number of primary amides is 1. The van der Waals surface area contributed by atoms with Crippen molar-refractivity contribution < 1.29 is 18.8 Å². The molecular formula is C22H20ClFN6O3. The minimum absolute atomic E-state index is 0.00497. The Morgan fingerprint density at radius 1 is 1.15 bits per heavy atom. The fourth-order valence-corrected chi connectivity index (χ4v) is 3.80. The standard InChI is InChI=1S/C22H20ClFN6O3/c23-17-9-12(24)1-6-16(17)21(32)28-13-2-4-15(5-3-13)30-11-27-18(20(25)31)19(30)22(33)29-14-7-8-26-10-14/h1-6,9,11,14,26H,7-8,10H2,(H2,25,31)(H,28,32)(H,29,33)/t14-/m0/s1. The van der Waals surface area contributed by atoms with E-state index in [1.165, 1.54) is 17.0 Å². The van der Waals surface area contributed by atoms with Gasteiger partial charge in [0.15, 0.2) is 5.69 Å². The molecule has 1 atom stereocenters. The number of rotatable bonds is 6. The molecule has 1 saturated heterocycles. The van der Waals surface area contributed by atoms with E-state index >= 15 is 0 Å². The largest absolute Gasteiger partial charge is 0.364 e. The average Bonchev–Trinajstić information content (AvgIpc) is 3.44. The highest BCUT2D eigenvalue weighted by atomic mass is 35.5. The molecule has 0 aliphatic carbocycles. The van der Waals surface area contributed by atoms with Gasteiger partial charge < -0.3 is 21.7 Å². The summed E-state index contributed by atoms with van der Waals surface area (Å²) >= 11 is 5.94. The number of nitrogens with zero attached hydrogens (tertiary/aromatic N) is 2. The van der Waals surface area contributed by atoms with Crippen molar-refractivity contribution in [1.29, 1.82) is 0 Å². The topological polar surface area (TPSA) is 131 Å². The van der Waals surface area contributed by atoms with Crippen LogP contribution in [-0.2, 0) is 0 Å². The van der Waals surface area contributed by atoms with Gasteiger partial charge in [0, 0.05) is 24.0 Å². The molecular weight excluding hydrogens is 451 g/mol. The second kappa shape index (κ2) is 9.39. The highest BCUT2D eigenvalue weighted by Crippen LogP contribution is 2.21. The number of anilines is 1. The molecule has 2 aromatic carbocycles. The van der Waals surface area contributed by atoms with Gasteiger partial charge in [0.05, 0.1) is 10.6 Å². The van der Waals surface area contributed by atoms with Crippen molar-refractivity contribution in [2.75, 3.05) is 18.4 Å². The number of halogens is 2. The zero-order valence-corrected chi connectivity index (χ0v) is 18.0. The quantitative estimate of drug-likeness (QED) is 0.438. The van der Waals surface area contributed by atoms with E-state index in [-0.39, 0.29) is 28.0 Å². The van der Waals surface area contributed by atoms with Gasteiger partial charge in [-0.05, 0) is 55.4 Å². The van der Waals surface area contributed by atoms with E-state index in [1.54, 1.807) is 24.3 Å². The van der Waals surface area contributed by atoms with Crippen LogP contribution in [0.3, 0.4) is 0 Å². The Labute approximate surface area is 193 Å². The maximum absolute atomic E-state index is 13.2. The van der Waals surface area contributed by atoms with Crippen molar-refractivity contribution in [1.82, 2.24) is 20.2 Å².